The first-order valence-electron chi connectivity index (χ1n) is 10.1. The van der Waals surface area contributed by atoms with E-state index in [0.29, 0.717) is 28.7 Å². The van der Waals surface area contributed by atoms with Crippen LogP contribution in [0, 0.1) is 0 Å². The molecule has 2 aromatic rings. The van der Waals surface area contributed by atoms with Crippen LogP contribution in [0.1, 0.15) is 37.6 Å². The molecule has 0 aliphatic heterocycles. The number of rotatable bonds is 10. The van der Waals surface area contributed by atoms with Gasteiger partial charge in [-0.15, -0.1) is 0 Å². The van der Waals surface area contributed by atoms with E-state index < -0.39 is 6.04 Å². The van der Waals surface area contributed by atoms with Gasteiger partial charge in [0.2, 0.25) is 5.91 Å². The van der Waals surface area contributed by atoms with Crippen molar-refractivity contribution in [2.24, 2.45) is 0 Å². The minimum Gasteiger partial charge on any atom is -0.369 e. The normalized spacial score (nSPS) is 11.8. The van der Waals surface area contributed by atoms with Crippen LogP contribution in [0.3, 0.4) is 0 Å². The third-order valence-electron chi connectivity index (χ3n) is 4.78. The summed E-state index contributed by atoms with van der Waals surface area (Å²) in [6, 6.07) is 14.3. The first-order chi connectivity index (χ1) is 14.4. The second-order valence-electron chi connectivity index (χ2n) is 7.20. The molecule has 0 fully saturated rings. The minimum atomic E-state index is -0.649. The van der Waals surface area contributed by atoms with Crippen LogP contribution in [-0.4, -0.2) is 42.5 Å². The SMILES string of the molecule is CCN(c1ccc(NC(=O)C(CCSC)NC(=O)c2ccccc2Cl)cc1)C(C)C. The number of carbonyl (C=O) groups is 2. The van der Waals surface area contributed by atoms with E-state index in [1.807, 2.05) is 30.5 Å². The largest absolute Gasteiger partial charge is 0.369 e. The third kappa shape index (κ3) is 6.67. The van der Waals surface area contributed by atoms with Gasteiger partial charge >= 0.3 is 0 Å². The molecule has 0 aromatic heterocycles. The molecular formula is C23H30ClN3O2S. The number of hydrogen-bond acceptors (Lipinski definition) is 4. The molecule has 162 valence electrons. The number of carbonyl (C=O) groups excluding carboxylic acids is 2. The van der Waals surface area contributed by atoms with Crippen molar-refractivity contribution in [2.75, 3.05) is 28.8 Å². The van der Waals surface area contributed by atoms with Crippen molar-refractivity contribution >= 4 is 46.6 Å². The quantitative estimate of drug-likeness (QED) is 0.534. The Hall–Kier alpha value is -2.18. The number of benzene rings is 2. The summed E-state index contributed by atoms with van der Waals surface area (Å²) in [5, 5.41) is 6.11. The molecule has 0 saturated carbocycles. The van der Waals surface area contributed by atoms with Crippen LogP contribution in [0.5, 0.6) is 0 Å². The fourth-order valence-corrected chi connectivity index (χ4v) is 3.89. The average Bonchev–Trinajstić information content (AvgIpc) is 2.72. The Morgan fingerprint density at radius 2 is 1.77 bits per heavy atom. The Bertz CT molecular complexity index is 843. The molecule has 30 heavy (non-hydrogen) atoms. The molecule has 0 bridgehead atoms. The second kappa shape index (κ2) is 11.9. The summed E-state index contributed by atoms with van der Waals surface area (Å²) in [6.07, 6.45) is 2.50. The molecule has 7 heteroatoms. The monoisotopic (exact) mass is 447 g/mol. The highest BCUT2D eigenvalue weighted by molar-refractivity contribution is 7.98. The van der Waals surface area contributed by atoms with Crippen LogP contribution in [0.25, 0.3) is 0 Å². The minimum absolute atomic E-state index is 0.242. The van der Waals surface area contributed by atoms with E-state index in [-0.39, 0.29) is 11.8 Å². The van der Waals surface area contributed by atoms with Crippen LogP contribution in [-0.2, 0) is 4.79 Å². The lowest BCUT2D eigenvalue weighted by molar-refractivity contribution is -0.118. The highest BCUT2D eigenvalue weighted by Gasteiger charge is 2.22. The van der Waals surface area contributed by atoms with E-state index in [1.165, 1.54) is 0 Å². The number of amides is 2. The van der Waals surface area contributed by atoms with Crippen molar-refractivity contribution in [2.45, 2.75) is 39.3 Å². The topological polar surface area (TPSA) is 61.4 Å². The van der Waals surface area contributed by atoms with E-state index in [1.54, 1.807) is 36.0 Å². The molecule has 2 rings (SSSR count). The maximum absolute atomic E-state index is 12.9. The highest BCUT2D eigenvalue weighted by Crippen LogP contribution is 2.20. The molecule has 0 heterocycles. The zero-order valence-corrected chi connectivity index (χ0v) is 19.5. The number of nitrogens with one attached hydrogen (secondary N) is 2. The molecule has 0 saturated heterocycles. The van der Waals surface area contributed by atoms with Crippen molar-refractivity contribution in [1.29, 1.82) is 0 Å². The van der Waals surface area contributed by atoms with Crippen molar-refractivity contribution < 1.29 is 9.59 Å². The van der Waals surface area contributed by atoms with Gasteiger partial charge in [0, 0.05) is 24.0 Å². The molecule has 0 spiro atoms. The van der Waals surface area contributed by atoms with Crippen LogP contribution >= 0.6 is 23.4 Å². The van der Waals surface area contributed by atoms with Gasteiger partial charge in [-0.25, -0.2) is 0 Å². The number of nitrogens with zero attached hydrogens (tertiary/aromatic N) is 1. The van der Waals surface area contributed by atoms with Gasteiger partial charge in [-0.2, -0.15) is 11.8 Å². The van der Waals surface area contributed by atoms with Crippen molar-refractivity contribution in [3.8, 4) is 0 Å². The fraction of sp³-hybridized carbons (Fsp3) is 0.391. The first kappa shape index (κ1) is 24.1. The number of hydrogen-bond donors (Lipinski definition) is 2. The smallest absolute Gasteiger partial charge is 0.253 e. The molecular weight excluding hydrogens is 418 g/mol. The maximum Gasteiger partial charge on any atom is 0.253 e. The van der Waals surface area contributed by atoms with Gasteiger partial charge in [-0.05, 0) is 75.6 Å². The Labute approximate surface area is 188 Å². The second-order valence-corrected chi connectivity index (χ2v) is 8.60. The fourth-order valence-electron chi connectivity index (χ4n) is 3.20. The summed E-state index contributed by atoms with van der Waals surface area (Å²) in [7, 11) is 0. The molecule has 1 unspecified atom stereocenters. The van der Waals surface area contributed by atoms with Gasteiger partial charge in [-0.1, -0.05) is 23.7 Å². The Kier molecular flexibility index (Phi) is 9.53. The molecule has 1 atom stereocenters. The lowest BCUT2D eigenvalue weighted by Crippen LogP contribution is -2.44. The Morgan fingerprint density at radius 3 is 2.33 bits per heavy atom. The van der Waals surface area contributed by atoms with Gasteiger partial charge < -0.3 is 15.5 Å². The van der Waals surface area contributed by atoms with Gasteiger partial charge in [0.25, 0.3) is 5.91 Å². The van der Waals surface area contributed by atoms with E-state index in [9.17, 15) is 9.59 Å². The van der Waals surface area contributed by atoms with E-state index in [4.69, 9.17) is 11.6 Å². The van der Waals surface area contributed by atoms with E-state index in [2.05, 4.69) is 36.3 Å². The predicted molar refractivity (Wildman–Crippen MR) is 129 cm³/mol. The lowest BCUT2D eigenvalue weighted by Gasteiger charge is -2.27. The van der Waals surface area contributed by atoms with E-state index >= 15 is 0 Å². The molecule has 2 N–H and O–H groups in total. The lowest BCUT2D eigenvalue weighted by atomic mass is 10.1. The summed E-state index contributed by atoms with van der Waals surface area (Å²) in [6.45, 7) is 7.33. The van der Waals surface area contributed by atoms with Crippen LogP contribution in [0.2, 0.25) is 5.02 Å². The van der Waals surface area contributed by atoms with Crippen molar-refractivity contribution in [3.63, 3.8) is 0 Å². The summed E-state index contributed by atoms with van der Waals surface area (Å²) in [5.74, 6) is 0.154. The van der Waals surface area contributed by atoms with Crippen LogP contribution in [0.15, 0.2) is 48.5 Å². The van der Waals surface area contributed by atoms with Gasteiger partial charge in [0.1, 0.15) is 6.04 Å². The number of thioether (sulfide) groups is 1. The number of halogens is 1. The first-order valence-corrected chi connectivity index (χ1v) is 11.9. The van der Waals surface area contributed by atoms with Gasteiger partial charge in [0.05, 0.1) is 10.6 Å². The van der Waals surface area contributed by atoms with Crippen molar-refractivity contribution in [1.82, 2.24) is 5.32 Å². The molecule has 0 aliphatic carbocycles. The van der Waals surface area contributed by atoms with Crippen molar-refractivity contribution in [3.05, 3.63) is 59.1 Å². The molecule has 2 aromatic carbocycles. The standard InChI is InChI=1S/C23H30ClN3O2S/c1-5-27(16(2)3)18-12-10-17(11-13-18)25-23(29)21(14-15-30-4)26-22(28)19-8-6-7-9-20(19)24/h6-13,16,21H,5,14-15H2,1-4H3,(H,25,29)(H,26,28). The average molecular weight is 448 g/mol. The molecule has 0 radical (unpaired) electrons. The van der Waals surface area contributed by atoms with E-state index in [0.717, 1.165) is 18.0 Å². The summed E-state index contributed by atoms with van der Waals surface area (Å²) < 4.78 is 0. The zero-order valence-electron chi connectivity index (χ0n) is 17.9. The van der Waals surface area contributed by atoms with Gasteiger partial charge in [0.15, 0.2) is 0 Å². The third-order valence-corrected chi connectivity index (χ3v) is 5.76. The number of anilines is 2. The molecule has 0 aliphatic rings. The Morgan fingerprint density at radius 1 is 1.10 bits per heavy atom. The summed E-state index contributed by atoms with van der Waals surface area (Å²) >= 11 is 7.75. The Balaban J connectivity index is 2.09. The van der Waals surface area contributed by atoms with Gasteiger partial charge in [-0.3, -0.25) is 9.59 Å². The maximum atomic E-state index is 12.9. The predicted octanol–water partition coefficient (Wildman–Crippen LogP) is 5.06. The van der Waals surface area contributed by atoms with Crippen LogP contribution in [0.4, 0.5) is 11.4 Å². The molecule has 5 nitrogen and oxygen atoms in total. The van der Waals surface area contributed by atoms with Crippen LogP contribution < -0.4 is 15.5 Å². The molecule has 2 amide bonds. The summed E-state index contributed by atoms with van der Waals surface area (Å²) in [4.78, 5) is 27.8. The highest BCUT2D eigenvalue weighted by atomic mass is 35.5. The zero-order chi connectivity index (χ0) is 22.1. The summed E-state index contributed by atoms with van der Waals surface area (Å²) in [5.41, 5.74) is 2.17.